The van der Waals surface area contributed by atoms with Crippen LogP contribution in [0.1, 0.15) is 19.8 Å². The van der Waals surface area contributed by atoms with E-state index in [4.69, 9.17) is 10.2 Å². The van der Waals surface area contributed by atoms with Gasteiger partial charge in [-0.3, -0.25) is 9.59 Å². The Labute approximate surface area is 105 Å². The molecule has 1 aliphatic heterocycles. The molecule has 1 fully saturated rings. The summed E-state index contributed by atoms with van der Waals surface area (Å²) >= 11 is 0. The summed E-state index contributed by atoms with van der Waals surface area (Å²) < 4.78 is 0. The Bertz CT molecular complexity index is 344. The second-order valence-corrected chi connectivity index (χ2v) is 4.25. The third kappa shape index (κ3) is 3.43. The Morgan fingerprint density at radius 2 is 2.22 bits per heavy atom. The van der Waals surface area contributed by atoms with Gasteiger partial charge in [0.1, 0.15) is 6.04 Å². The Morgan fingerprint density at radius 1 is 1.56 bits per heavy atom. The lowest BCUT2D eigenvalue weighted by molar-refractivity contribution is -0.142. The Kier molecular flexibility index (Phi) is 5.08. The minimum absolute atomic E-state index is 0.0424. The van der Waals surface area contributed by atoms with Crippen LogP contribution in [0.3, 0.4) is 0 Å². The van der Waals surface area contributed by atoms with Gasteiger partial charge in [0, 0.05) is 32.5 Å². The summed E-state index contributed by atoms with van der Waals surface area (Å²) in [5.74, 6) is -2.22. The van der Waals surface area contributed by atoms with Crippen LogP contribution in [-0.2, 0) is 14.4 Å². The van der Waals surface area contributed by atoms with Gasteiger partial charge < -0.3 is 20.4 Å². The van der Waals surface area contributed by atoms with Crippen molar-refractivity contribution >= 4 is 17.8 Å². The average Bonchev–Trinajstić information content (AvgIpc) is 2.69. The molecule has 1 saturated heterocycles. The molecule has 1 unspecified atom stereocenters. The van der Waals surface area contributed by atoms with E-state index < -0.39 is 23.8 Å². The summed E-state index contributed by atoms with van der Waals surface area (Å²) in [5.41, 5.74) is 0. The molecule has 0 bridgehead atoms. The molecule has 0 aliphatic carbocycles. The first-order valence-corrected chi connectivity index (χ1v) is 5.91. The summed E-state index contributed by atoms with van der Waals surface area (Å²) in [4.78, 5) is 35.6. The van der Waals surface area contributed by atoms with E-state index in [2.05, 4.69) is 5.32 Å². The average molecular weight is 258 g/mol. The molecule has 0 spiro atoms. The third-order valence-electron chi connectivity index (χ3n) is 3.00. The lowest BCUT2D eigenvalue weighted by Gasteiger charge is -2.17. The maximum atomic E-state index is 11.8. The fraction of sp³-hybridized carbons (Fsp3) is 0.727. The second kappa shape index (κ2) is 6.34. The zero-order valence-corrected chi connectivity index (χ0v) is 10.3. The molecule has 1 rings (SSSR count). The van der Waals surface area contributed by atoms with Gasteiger partial charge in [0.25, 0.3) is 0 Å². The van der Waals surface area contributed by atoms with Gasteiger partial charge in [-0.2, -0.15) is 0 Å². The number of nitrogens with zero attached hydrogens (tertiary/aromatic N) is 1. The molecule has 102 valence electrons. The minimum Gasteiger partial charge on any atom is -0.480 e. The maximum Gasteiger partial charge on any atom is 0.326 e. The lowest BCUT2D eigenvalue weighted by atomic mass is 10.1. The first kappa shape index (κ1) is 14.4. The van der Waals surface area contributed by atoms with E-state index in [9.17, 15) is 14.4 Å². The number of likely N-dealkylation sites (tertiary alicyclic amines) is 1. The lowest BCUT2D eigenvalue weighted by Crippen LogP contribution is -2.44. The largest absolute Gasteiger partial charge is 0.480 e. The number of carbonyl (C=O) groups excluding carboxylic acids is 2. The highest BCUT2D eigenvalue weighted by molar-refractivity contribution is 5.91. The van der Waals surface area contributed by atoms with Crippen LogP contribution >= 0.6 is 0 Å². The number of carboxylic acid groups (broad SMARTS) is 1. The number of nitrogens with one attached hydrogen (secondary N) is 1. The topological polar surface area (TPSA) is 107 Å². The van der Waals surface area contributed by atoms with Crippen LogP contribution in [0.25, 0.3) is 0 Å². The summed E-state index contributed by atoms with van der Waals surface area (Å²) in [5, 5.41) is 19.9. The van der Waals surface area contributed by atoms with Gasteiger partial charge in [-0.05, 0) is 6.92 Å². The van der Waals surface area contributed by atoms with Gasteiger partial charge >= 0.3 is 5.97 Å². The molecule has 18 heavy (non-hydrogen) atoms. The molecule has 1 heterocycles. The molecular formula is C11H18N2O5. The summed E-state index contributed by atoms with van der Waals surface area (Å²) in [6.45, 7) is 2.38. The summed E-state index contributed by atoms with van der Waals surface area (Å²) in [6, 6.07) is -1.10. The smallest absolute Gasteiger partial charge is 0.326 e. The summed E-state index contributed by atoms with van der Waals surface area (Å²) in [6.07, 6.45) is 0.0738. The van der Waals surface area contributed by atoms with E-state index in [1.165, 1.54) is 0 Å². The molecule has 3 N–H and O–H groups in total. The zero-order chi connectivity index (χ0) is 13.7. The van der Waals surface area contributed by atoms with Gasteiger partial charge in [-0.25, -0.2) is 4.79 Å². The van der Waals surface area contributed by atoms with Crippen LogP contribution in [0.4, 0.5) is 0 Å². The number of aliphatic hydroxyl groups excluding tert-OH is 1. The zero-order valence-electron chi connectivity index (χ0n) is 10.3. The summed E-state index contributed by atoms with van der Waals surface area (Å²) in [7, 11) is 0. The van der Waals surface area contributed by atoms with Crippen LogP contribution in [0.15, 0.2) is 0 Å². The van der Waals surface area contributed by atoms with Crippen LogP contribution in [-0.4, -0.2) is 58.6 Å². The van der Waals surface area contributed by atoms with Gasteiger partial charge in [-0.15, -0.1) is 0 Å². The number of rotatable bonds is 6. The molecule has 1 aliphatic rings. The number of carboxylic acids is 1. The molecule has 2 atom stereocenters. The number of amides is 2. The Hall–Kier alpha value is -1.63. The predicted molar refractivity (Wildman–Crippen MR) is 61.6 cm³/mol. The Balaban J connectivity index is 2.55. The SMILES string of the molecule is CCN1CC(C(=O)N[C@@H](CCO)C(=O)O)CC1=O. The molecule has 0 aromatic rings. The first-order valence-electron chi connectivity index (χ1n) is 5.91. The monoisotopic (exact) mass is 258 g/mol. The molecule has 0 saturated carbocycles. The number of carbonyl (C=O) groups is 3. The van der Waals surface area contributed by atoms with Crippen LogP contribution in [0, 0.1) is 5.92 Å². The van der Waals surface area contributed by atoms with Crippen LogP contribution < -0.4 is 5.32 Å². The molecule has 2 amide bonds. The van der Waals surface area contributed by atoms with Gasteiger partial charge in [-0.1, -0.05) is 0 Å². The third-order valence-corrected chi connectivity index (χ3v) is 3.00. The fourth-order valence-corrected chi connectivity index (χ4v) is 1.93. The van der Waals surface area contributed by atoms with Crippen LogP contribution in [0.2, 0.25) is 0 Å². The van der Waals surface area contributed by atoms with E-state index in [1.54, 1.807) is 4.90 Å². The molecular weight excluding hydrogens is 240 g/mol. The van der Waals surface area contributed by atoms with Crippen molar-refractivity contribution in [3.05, 3.63) is 0 Å². The van der Waals surface area contributed by atoms with Crippen molar-refractivity contribution < 1.29 is 24.6 Å². The first-order chi connectivity index (χ1) is 8.49. The standard InChI is InChI=1S/C11H18N2O5/c1-2-13-6-7(5-9(13)15)10(16)12-8(3-4-14)11(17)18/h7-8,14H,2-6H2,1H3,(H,12,16)(H,17,18)/t7?,8-/m0/s1. The highest BCUT2D eigenvalue weighted by atomic mass is 16.4. The minimum atomic E-state index is -1.19. The Morgan fingerprint density at radius 3 is 2.67 bits per heavy atom. The number of aliphatic carboxylic acids is 1. The number of hydrogen-bond donors (Lipinski definition) is 3. The fourth-order valence-electron chi connectivity index (χ4n) is 1.93. The van der Waals surface area contributed by atoms with Crippen molar-refractivity contribution in [2.24, 2.45) is 5.92 Å². The molecule has 0 radical (unpaired) electrons. The quantitative estimate of drug-likeness (QED) is 0.555. The van der Waals surface area contributed by atoms with Crippen molar-refractivity contribution in [2.45, 2.75) is 25.8 Å². The number of hydrogen-bond acceptors (Lipinski definition) is 4. The molecule has 7 heteroatoms. The second-order valence-electron chi connectivity index (χ2n) is 4.25. The normalized spacial score (nSPS) is 20.9. The van der Waals surface area contributed by atoms with E-state index >= 15 is 0 Å². The van der Waals surface area contributed by atoms with Gasteiger partial charge in [0.2, 0.25) is 11.8 Å². The van der Waals surface area contributed by atoms with Crippen molar-refractivity contribution in [3.8, 4) is 0 Å². The highest BCUT2D eigenvalue weighted by Crippen LogP contribution is 2.17. The number of aliphatic hydroxyl groups is 1. The van der Waals surface area contributed by atoms with E-state index in [0.717, 1.165) is 0 Å². The predicted octanol–water partition coefficient (Wildman–Crippen LogP) is -1.19. The van der Waals surface area contributed by atoms with E-state index in [-0.39, 0.29) is 25.4 Å². The van der Waals surface area contributed by atoms with Crippen molar-refractivity contribution in [3.63, 3.8) is 0 Å². The van der Waals surface area contributed by atoms with Crippen molar-refractivity contribution in [2.75, 3.05) is 19.7 Å². The van der Waals surface area contributed by atoms with Gasteiger partial charge in [0.15, 0.2) is 0 Å². The highest BCUT2D eigenvalue weighted by Gasteiger charge is 2.34. The van der Waals surface area contributed by atoms with Crippen LogP contribution in [0.5, 0.6) is 0 Å². The van der Waals surface area contributed by atoms with Gasteiger partial charge in [0.05, 0.1) is 5.92 Å². The maximum absolute atomic E-state index is 11.8. The molecule has 0 aromatic carbocycles. The van der Waals surface area contributed by atoms with Crippen molar-refractivity contribution in [1.29, 1.82) is 0 Å². The molecule has 7 nitrogen and oxygen atoms in total. The van der Waals surface area contributed by atoms with E-state index in [1.807, 2.05) is 6.92 Å². The molecule has 0 aromatic heterocycles. The van der Waals surface area contributed by atoms with E-state index in [0.29, 0.717) is 13.1 Å². The van der Waals surface area contributed by atoms with Crippen molar-refractivity contribution in [1.82, 2.24) is 10.2 Å².